The molecule has 5 rings (SSSR count). The van der Waals surface area contributed by atoms with E-state index in [4.69, 9.17) is 4.98 Å². The van der Waals surface area contributed by atoms with Gasteiger partial charge < -0.3 is 9.80 Å². The van der Waals surface area contributed by atoms with Gasteiger partial charge in [-0.2, -0.15) is 0 Å². The van der Waals surface area contributed by atoms with Crippen molar-refractivity contribution in [1.82, 2.24) is 9.55 Å². The van der Waals surface area contributed by atoms with Gasteiger partial charge in [-0.3, -0.25) is 9.36 Å². The Labute approximate surface area is 175 Å². The highest BCUT2D eigenvalue weighted by atomic mass is 32.1. The second-order valence-electron chi connectivity index (χ2n) is 8.48. The zero-order valence-electron chi connectivity index (χ0n) is 17.1. The Hall–Kier alpha value is -2.18. The highest BCUT2D eigenvalue weighted by Gasteiger charge is 2.26. The number of piperazine rings is 1. The number of thiophene rings is 1. The average molecular weight is 410 g/mol. The number of nitrogens with zero attached hydrogens (tertiary/aromatic N) is 3. The molecule has 29 heavy (non-hydrogen) atoms. The summed E-state index contributed by atoms with van der Waals surface area (Å²) in [7, 11) is 2.24. The Morgan fingerprint density at radius 3 is 2.62 bits per heavy atom. The van der Waals surface area contributed by atoms with E-state index >= 15 is 0 Å². The highest BCUT2D eigenvalue weighted by molar-refractivity contribution is 7.18. The predicted molar refractivity (Wildman–Crippen MR) is 120 cm³/mol. The normalized spacial score (nSPS) is 18.0. The number of rotatable bonds is 3. The molecule has 0 bridgehead atoms. The maximum Gasteiger partial charge on any atom is 0.264 e. The number of nitrogens with one attached hydrogen (secondary N) is 1. The Kier molecular flexibility index (Phi) is 5.14. The van der Waals surface area contributed by atoms with Gasteiger partial charge in [0.15, 0.2) is 0 Å². The molecule has 3 aromatic rings. The quantitative estimate of drug-likeness (QED) is 0.674. The van der Waals surface area contributed by atoms with E-state index < -0.39 is 0 Å². The fraction of sp³-hybridized carbons (Fsp3) is 0.478. The number of aromatic nitrogens is 2. The SMILES string of the molecule is C[NH+]1CCN(c2nc3sc4c(c3c(=O)n2Cc2ccccc2)CCCCC4)CC1. The van der Waals surface area contributed by atoms with E-state index in [1.165, 1.54) is 29.7 Å². The third-order valence-electron chi connectivity index (χ3n) is 6.39. The zero-order chi connectivity index (χ0) is 19.8. The summed E-state index contributed by atoms with van der Waals surface area (Å²) in [4.78, 5) is 25.1. The van der Waals surface area contributed by atoms with Gasteiger partial charge in [0.25, 0.3) is 5.56 Å². The zero-order valence-corrected chi connectivity index (χ0v) is 17.9. The third-order valence-corrected chi connectivity index (χ3v) is 7.57. The van der Waals surface area contributed by atoms with Crippen molar-refractivity contribution in [2.75, 3.05) is 38.1 Å². The molecule has 1 fully saturated rings. The monoisotopic (exact) mass is 409 g/mol. The largest absolute Gasteiger partial charge is 0.334 e. The molecule has 1 aliphatic carbocycles. The lowest BCUT2D eigenvalue weighted by molar-refractivity contribution is -0.880. The van der Waals surface area contributed by atoms with Crippen LogP contribution in [0.1, 0.15) is 35.3 Å². The molecule has 1 N–H and O–H groups in total. The first kappa shape index (κ1) is 18.8. The molecule has 3 heterocycles. The van der Waals surface area contributed by atoms with Gasteiger partial charge in [-0.15, -0.1) is 11.3 Å². The van der Waals surface area contributed by atoms with Crippen LogP contribution in [0.3, 0.4) is 0 Å². The molecule has 2 aliphatic rings. The number of fused-ring (bicyclic) bond motifs is 3. The van der Waals surface area contributed by atoms with E-state index in [0.29, 0.717) is 6.54 Å². The molecule has 1 aromatic carbocycles. The molecule has 2 aromatic heterocycles. The number of hydrogen-bond donors (Lipinski definition) is 1. The lowest BCUT2D eigenvalue weighted by atomic mass is 10.1. The third kappa shape index (κ3) is 3.60. The Morgan fingerprint density at radius 1 is 1.07 bits per heavy atom. The summed E-state index contributed by atoms with van der Waals surface area (Å²) >= 11 is 1.76. The van der Waals surface area contributed by atoms with Gasteiger partial charge in [0, 0.05) is 4.88 Å². The number of likely N-dealkylation sites (N-methyl/N-ethyl adjacent to an activating group) is 1. The Balaban J connectivity index is 1.67. The molecular weight excluding hydrogens is 380 g/mol. The van der Waals surface area contributed by atoms with E-state index in [9.17, 15) is 4.79 Å². The minimum Gasteiger partial charge on any atom is -0.334 e. The minimum absolute atomic E-state index is 0.152. The van der Waals surface area contributed by atoms with Gasteiger partial charge in [0.05, 0.1) is 45.2 Å². The van der Waals surface area contributed by atoms with Crippen LogP contribution in [0.5, 0.6) is 0 Å². The molecule has 0 spiro atoms. The van der Waals surface area contributed by atoms with E-state index in [-0.39, 0.29) is 5.56 Å². The lowest BCUT2D eigenvalue weighted by Gasteiger charge is -2.32. The molecule has 0 amide bonds. The van der Waals surface area contributed by atoms with Gasteiger partial charge in [-0.05, 0) is 36.8 Å². The van der Waals surface area contributed by atoms with Crippen LogP contribution in [-0.2, 0) is 19.4 Å². The van der Waals surface area contributed by atoms with E-state index in [2.05, 4.69) is 24.1 Å². The maximum atomic E-state index is 13.8. The molecule has 0 saturated carbocycles. The van der Waals surface area contributed by atoms with Crippen molar-refractivity contribution in [3.05, 3.63) is 56.7 Å². The van der Waals surface area contributed by atoms with E-state index in [1.807, 2.05) is 22.8 Å². The number of quaternary nitrogens is 1. The summed E-state index contributed by atoms with van der Waals surface area (Å²) in [5.41, 5.74) is 2.59. The maximum absolute atomic E-state index is 13.8. The Morgan fingerprint density at radius 2 is 1.83 bits per heavy atom. The molecule has 0 radical (unpaired) electrons. The molecule has 5 nitrogen and oxygen atoms in total. The van der Waals surface area contributed by atoms with Crippen LogP contribution in [0.4, 0.5) is 5.95 Å². The summed E-state index contributed by atoms with van der Waals surface area (Å²) in [5, 5.41) is 0.895. The number of anilines is 1. The van der Waals surface area contributed by atoms with Crippen LogP contribution in [0.15, 0.2) is 35.1 Å². The molecule has 1 aliphatic heterocycles. The molecule has 6 heteroatoms. The van der Waals surface area contributed by atoms with Crippen LogP contribution in [0.2, 0.25) is 0 Å². The van der Waals surface area contributed by atoms with E-state index in [0.717, 1.165) is 60.7 Å². The lowest BCUT2D eigenvalue weighted by Crippen LogP contribution is -3.12. The second kappa shape index (κ2) is 7.92. The topological polar surface area (TPSA) is 42.6 Å². The van der Waals surface area contributed by atoms with Gasteiger partial charge >= 0.3 is 0 Å². The second-order valence-corrected chi connectivity index (χ2v) is 9.56. The van der Waals surface area contributed by atoms with Crippen LogP contribution in [0, 0.1) is 0 Å². The predicted octanol–water partition coefficient (Wildman–Crippen LogP) is 2.11. The van der Waals surface area contributed by atoms with Crippen molar-refractivity contribution >= 4 is 27.5 Å². The summed E-state index contributed by atoms with van der Waals surface area (Å²) in [5.74, 6) is 0.857. The van der Waals surface area contributed by atoms with Crippen LogP contribution in [0.25, 0.3) is 10.2 Å². The molecular formula is C23H29N4OS+. The summed E-state index contributed by atoms with van der Waals surface area (Å²) in [6.07, 6.45) is 5.79. The van der Waals surface area contributed by atoms with Gasteiger partial charge in [-0.25, -0.2) is 4.98 Å². The minimum atomic E-state index is 0.152. The fourth-order valence-electron chi connectivity index (χ4n) is 4.64. The van der Waals surface area contributed by atoms with Crippen LogP contribution < -0.4 is 15.4 Å². The van der Waals surface area contributed by atoms with Crippen LogP contribution >= 0.6 is 11.3 Å². The Bertz CT molecular complexity index is 1060. The number of hydrogen-bond acceptors (Lipinski definition) is 4. The summed E-state index contributed by atoms with van der Waals surface area (Å²) in [6, 6.07) is 10.3. The van der Waals surface area contributed by atoms with Crippen molar-refractivity contribution in [3.63, 3.8) is 0 Å². The van der Waals surface area contributed by atoms with Gasteiger partial charge in [0.1, 0.15) is 4.83 Å². The standard InChI is InChI=1S/C23H28N4OS/c1-25-12-14-26(15-13-25)23-24-21-20(18-10-6-3-7-11-19(18)29-21)22(28)27(23)16-17-8-4-2-5-9-17/h2,4-5,8-9H,3,6-7,10-16H2,1H3/p+1. The van der Waals surface area contributed by atoms with Crippen molar-refractivity contribution in [3.8, 4) is 0 Å². The average Bonchev–Trinajstić information content (AvgIpc) is 2.93. The highest BCUT2D eigenvalue weighted by Crippen LogP contribution is 2.34. The van der Waals surface area contributed by atoms with Crippen LogP contribution in [-0.4, -0.2) is 42.8 Å². The first-order chi connectivity index (χ1) is 14.2. The summed E-state index contributed by atoms with van der Waals surface area (Å²) in [6.45, 7) is 4.65. The fourth-order valence-corrected chi connectivity index (χ4v) is 5.89. The molecule has 0 atom stereocenters. The molecule has 152 valence electrons. The van der Waals surface area contributed by atoms with Crippen molar-refractivity contribution < 1.29 is 4.90 Å². The smallest absolute Gasteiger partial charge is 0.264 e. The number of aryl methyl sites for hydroxylation is 2. The molecule has 0 unspecified atom stereocenters. The van der Waals surface area contributed by atoms with E-state index in [1.54, 1.807) is 16.2 Å². The first-order valence-electron chi connectivity index (χ1n) is 10.9. The van der Waals surface area contributed by atoms with Crippen molar-refractivity contribution in [2.24, 2.45) is 0 Å². The molecule has 1 saturated heterocycles. The van der Waals surface area contributed by atoms with Gasteiger partial charge in [-0.1, -0.05) is 36.8 Å². The first-order valence-corrected chi connectivity index (χ1v) is 11.7. The number of benzene rings is 1. The van der Waals surface area contributed by atoms with Crippen molar-refractivity contribution in [1.29, 1.82) is 0 Å². The summed E-state index contributed by atoms with van der Waals surface area (Å²) < 4.78 is 1.94. The van der Waals surface area contributed by atoms with Gasteiger partial charge in [0.2, 0.25) is 5.95 Å². The van der Waals surface area contributed by atoms with Crippen molar-refractivity contribution in [2.45, 2.75) is 38.6 Å².